The maximum Gasteiger partial charge on any atom is 0.123 e. The Kier molecular flexibility index (Phi) is 6.95. The highest BCUT2D eigenvalue weighted by Gasteiger charge is 2.29. The first-order valence-corrected chi connectivity index (χ1v) is 9.46. The standard InChI is InChI=1S/C21H32N4O.ClH/c1-15-18(16(2)25(23-15)21(3,4)5)14-24-12-11-22-13-19(24)17-9-7-8-10-20(17)26-6;/h7-10,19,22H,11-14H2,1-6H3;1H. The molecule has 2 heterocycles. The van der Waals surface area contributed by atoms with Crippen molar-refractivity contribution in [3.05, 3.63) is 46.8 Å². The summed E-state index contributed by atoms with van der Waals surface area (Å²) < 4.78 is 7.79. The summed E-state index contributed by atoms with van der Waals surface area (Å²) in [6.45, 7) is 14.8. The Labute approximate surface area is 169 Å². The molecule has 1 aromatic heterocycles. The van der Waals surface area contributed by atoms with Gasteiger partial charge in [0.25, 0.3) is 0 Å². The van der Waals surface area contributed by atoms with Crippen LogP contribution in [0.5, 0.6) is 5.75 Å². The SMILES string of the molecule is COc1ccccc1C1CNCCN1Cc1c(C)nn(C(C)(C)C)c1C.Cl. The number of para-hydroxylation sites is 1. The van der Waals surface area contributed by atoms with Crippen LogP contribution in [0.1, 0.15) is 49.3 Å². The molecule has 0 spiro atoms. The van der Waals surface area contributed by atoms with Gasteiger partial charge in [0.15, 0.2) is 0 Å². The largest absolute Gasteiger partial charge is 0.496 e. The lowest BCUT2D eigenvalue weighted by molar-refractivity contribution is 0.150. The van der Waals surface area contributed by atoms with Gasteiger partial charge in [0.1, 0.15) is 5.75 Å². The molecule has 150 valence electrons. The molecule has 1 N–H and O–H groups in total. The third-order valence-electron chi connectivity index (χ3n) is 5.29. The fraction of sp³-hybridized carbons (Fsp3) is 0.571. The highest BCUT2D eigenvalue weighted by molar-refractivity contribution is 5.85. The summed E-state index contributed by atoms with van der Waals surface area (Å²) in [6.07, 6.45) is 0. The lowest BCUT2D eigenvalue weighted by Gasteiger charge is -2.37. The van der Waals surface area contributed by atoms with Crippen LogP contribution in [0.25, 0.3) is 0 Å². The predicted molar refractivity (Wildman–Crippen MR) is 113 cm³/mol. The lowest BCUT2D eigenvalue weighted by atomic mass is 10.0. The van der Waals surface area contributed by atoms with E-state index in [-0.39, 0.29) is 17.9 Å². The summed E-state index contributed by atoms with van der Waals surface area (Å²) in [5, 5.41) is 8.37. The third kappa shape index (κ3) is 4.48. The first kappa shape index (κ1) is 21.7. The summed E-state index contributed by atoms with van der Waals surface area (Å²) in [6, 6.07) is 8.66. The first-order valence-electron chi connectivity index (χ1n) is 9.46. The number of rotatable bonds is 4. The summed E-state index contributed by atoms with van der Waals surface area (Å²) in [7, 11) is 1.75. The Bertz CT molecular complexity index is 766. The van der Waals surface area contributed by atoms with Crippen LogP contribution in [0.4, 0.5) is 0 Å². The number of nitrogens with zero attached hydrogens (tertiary/aromatic N) is 3. The molecular weight excluding hydrogens is 360 g/mol. The van der Waals surface area contributed by atoms with Crippen molar-refractivity contribution in [1.82, 2.24) is 20.0 Å². The van der Waals surface area contributed by atoms with Gasteiger partial charge in [-0.15, -0.1) is 12.4 Å². The zero-order chi connectivity index (χ0) is 18.9. The number of ether oxygens (including phenoxy) is 1. The van der Waals surface area contributed by atoms with Crippen molar-refractivity contribution < 1.29 is 4.74 Å². The molecule has 1 saturated heterocycles. The summed E-state index contributed by atoms with van der Waals surface area (Å²) in [4.78, 5) is 2.55. The second kappa shape index (κ2) is 8.63. The van der Waals surface area contributed by atoms with Crippen molar-refractivity contribution in [3.8, 4) is 5.75 Å². The monoisotopic (exact) mass is 392 g/mol. The van der Waals surface area contributed by atoms with Crippen LogP contribution in [0.15, 0.2) is 24.3 Å². The second-order valence-corrected chi connectivity index (χ2v) is 8.16. The van der Waals surface area contributed by atoms with Crippen molar-refractivity contribution in [2.24, 2.45) is 0 Å². The number of hydrogen-bond acceptors (Lipinski definition) is 4. The molecule has 1 fully saturated rings. The Morgan fingerprint density at radius 3 is 2.56 bits per heavy atom. The van der Waals surface area contributed by atoms with Gasteiger partial charge in [0.05, 0.1) is 24.4 Å². The molecule has 0 aliphatic carbocycles. The van der Waals surface area contributed by atoms with Crippen molar-refractivity contribution >= 4 is 12.4 Å². The van der Waals surface area contributed by atoms with Gasteiger partial charge in [0.2, 0.25) is 0 Å². The van der Waals surface area contributed by atoms with Crippen molar-refractivity contribution in [2.75, 3.05) is 26.7 Å². The van der Waals surface area contributed by atoms with Crippen LogP contribution in [0, 0.1) is 13.8 Å². The molecule has 5 nitrogen and oxygen atoms in total. The van der Waals surface area contributed by atoms with E-state index in [0.717, 1.165) is 37.6 Å². The molecule has 0 saturated carbocycles. The minimum absolute atomic E-state index is 0. The second-order valence-electron chi connectivity index (χ2n) is 8.16. The molecule has 1 atom stereocenters. The number of benzene rings is 1. The zero-order valence-electron chi connectivity index (χ0n) is 17.4. The lowest BCUT2D eigenvalue weighted by Crippen LogP contribution is -2.45. The maximum absolute atomic E-state index is 5.62. The van der Waals surface area contributed by atoms with Gasteiger partial charge < -0.3 is 10.1 Å². The van der Waals surface area contributed by atoms with E-state index in [4.69, 9.17) is 9.84 Å². The Morgan fingerprint density at radius 2 is 1.93 bits per heavy atom. The number of halogens is 1. The summed E-state index contributed by atoms with van der Waals surface area (Å²) >= 11 is 0. The van der Waals surface area contributed by atoms with Crippen molar-refractivity contribution in [2.45, 2.75) is 52.7 Å². The number of aryl methyl sites for hydroxylation is 1. The van der Waals surface area contributed by atoms with E-state index in [0.29, 0.717) is 6.04 Å². The molecule has 1 aliphatic rings. The van der Waals surface area contributed by atoms with Crippen LogP contribution in [0.2, 0.25) is 0 Å². The molecule has 0 radical (unpaired) electrons. The summed E-state index contributed by atoms with van der Waals surface area (Å²) in [5.41, 5.74) is 5.00. The van der Waals surface area contributed by atoms with Crippen LogP contribution < -0.4 is 10.1 Å². The number of methoxy groups -OCH3 is 1. The Morgan fingerprint density at radius 1 is 1.22 bits per heavy atom. The first-order chi connectivity index (χ1) is 12.3. The van der Waals surface area contributed by atoms with Gasteiger partial charge in [0, 0.05) is 43.0 Å². The van der Waals surface area contributed by atoms with E-state index in [1.165, 1.54) is 16.8 Å². The average molecular weight is 393 g/mol. The highest BCUT2D eigenvalue weighted by Crippen LogP contribution is 2.32. The van der Waals surface area contributed by atoms with E-state index in [2.05, 4.69) is 67.7 Å². The van der Waals surface area contributed by atoms with Crippen LogP contribution in [0.3, 0.4) is 0 Å². The Hall–Kier alpha value is -1.56. The van der Waals surface area contributed by atoms with Gasteiger partial charge in [-0.1, -0.05) is 18.2 Å². The van der Waals surface area contributed by atoms with Crippen LogP contribution in [-0.2, 0) is 12.1 Å². The third-order valence-corrected chi connectivity index (χ3v) is 5.29. The fourth-order valence-corrected chi connectivity index (χ4v) is 3.94. The van der Waals surface area contributed by atoms with E-state index in [1.807, 2.05) is 6.07 Å². The van der Waals surface area contributed by atoms with Crippen molar-refractivity contribution in [3.63, 3.8) is 0 Å². The normalized spacial score (nSPS) is 18.2. The van der Waals surface area contributed by atoms with Gasteiger partial charge in [-0.25, -0.2) is 0 Å². The van der Waals surface area contributed by atoms with E-state index >= 15 is 0 Å². The molecule has 6 heteroatoms. The molecule has 27 heavy (non-hydrogen) atoms. The van der Waals surface area contributed by atoms with Crippen molar-refractivity contribution in [1.29, 1.82) is 0 Å². The predicted octanol–water partition coefficient (Wildman–Crippen LogP) is 3.83. The molecule has 2 aromatic rings. The van der Waals surface area contributed by atoms with Gasteiger partial charge in [-0.05, 0) is 40.7 Å². The fourth-order valence-electron chi connectivity index (χ4n) is 3.94. The van der Waals surface area contributed by atoms with Crippen LogP contribution in [-0.4, -0.2) is 41.4 Å². The molecule has 0 bridgehead atoms. The zero-order valence-corrected chi connectivity index (χ0v) is 18.2. The van der Waals surface area contributed by atoms with Crippen LogP contribution >= 0.6 is 12.4 Å². The minimum atomic E-state index is -0.00139. The smallest absolute Gasteiger partial charge is 0.123 e. The minimum Gasteiger partial charge on any atom is -0.496 e. The number of nitrogens with one attached hydrogen (secondary N) is 1. The molecule has 0 amide bonds. The van der Waals surface area contributed by atoms with E-state index in [1.54, 1.807) is 7.11 Å². The van der Waals surface area contributed by atoms with Gasteiger partial charge in [-0.2, -0.15) is 5.10 Å². The summed E-state index contributed by atoms with van der Waals surface area (Å²) in [5.74, 6) is 0.963. The molecule has 3 rings (SSSR count). The van der Waals surface area contributed by atoms with E-state index < -0.39 is 0 Å². The highest BCUT2D eigenvalue weighted by atomic mass is 35.5. The maximum atomic E-state index is 5.62. The topological polar surface area (TPSA) is 42.3 Å². The molecule has 1 aliphatic heterocycles. The van der Waals surface area contributed by atoms with Gasteiger partial charge in [-0.3, -0.25) is 9.58 Å². The number of piperazine rings is 1. The quantitative estimate of drug-likeness (QED) is 0.858. The molecule has 1 unspecified atom stereocenters. The Balaban J connectivity index is 0.00000261. The number of hydrogen-bond donors (Lipinski definition) is 1. The van der Waals surface area contributed by atoms with E-state index in [9.17, 15) is 0 Å². The van der Waals surface area contributed by atoms with Gasteiger partial charge >= 0.3 is 0 Å². The number of aromatic nitrogens is 2. The molecule has 1 aromatic carbocycles. The molecular formula is C21H33ClN4O. The average Bonchev–Trinajstić information content (AvgIpc) is 2.90.